The highest BCUT2D eigenvalue weighted by Crippen LogP contribution is 2.24. The van der Waals surface area contributed by atoms with Crippen molar-refractivity contribution in [3.05, 3.63) is 34.9 Å². The van der Waals surface area contributed by atoms with Gasteiger partial charge in [0.05, 0.1) is 0 Å². The molecule has 0 amide bonds. The first kappa shape index (κ1) is 14.1. The zero-order valence-corrected chi connectivity index (χ0v) is 13.6. The van der Waals surface area contributed by atoms with Crippen LogP contribution in [0.25, 0.3) is 10.9 Å². The molecule has 20 heavy (non-hydrogen) atoms. The van der Waals surface area contributed by atoms with E-state index in [1.165, 1.54) is 48.0 Å². The van der Waals surface area contributed by atoms with Gasteiger partial charge >= 0.3 is 0 Å². The third kappa shape index (κ3) is 3.08. The molecule has 0 radical (unpaired) electrons. The molecule has 1 aliphatic rings. The summed E-state index contributed by atoms with van der Waals surface area (Å²) in [7, 11) is 2.22. The van der Waals surface area contributed by atoms with Crippen LogP contribution in [0.2, 0.25) is 0 Å². The normalized spacial score (nSPS) is 18.5. The molecule has 1 saturated heterocycles. The van der Waals surface area contributed by atoms with Gasteiger partial charge in [-0.1, -0.05) is 22.0 Å². The van der Waals surface area contributed by atoms with Gasteiger partial charge in [0.1, 0.15) is 0 Å². The van der Waals surface area contributed by atoms with E-state index in [0.717, 1.165) is 13.1 Å². The van der Waals surface area contributed by atoms with E-state index < -0.39 is 0 Å². The summed E-state index contributed by atoms with van der Waals surface area (Å²) in [5, 5.41) is 1.31. The number of hydrogen-bond acceptors (Lipinski definition) is 2. The van der Waals surface area contributed by atoms with Crippen molar-refractivity contribution in [3.8, 4) is 0 Å². The zero-order valence-electron chi connectivity index (χ0n) is 12.1. The minimum Gasteiger partial charge on any atom is -0.346 e. The lowest BCUT2D eigenvalue weighted by atomic mass is 10.2. The number of rotatable bonds is 3. The number of aromatic nitrogens is 1. The van der Waals surface area contributed by atoms with Gasteiger partial charge in [-0.3, -0.25) is 0 Å². The van der Waals surface area contributed by atoms with Crippen molar-refractivity contribution in [2.75, 3.05) is 39.8 Å². The molecule has 3 rings (SSSR count). The van der Waals surface area contributed by atoms with Gasteiger partial charge in [-0.25, -0.2) is 0 Å². The van der Waals surface area contributed by atoms with Crippen LogP contribution < -0.4 is 0 Å². The Balaban J connectivity index is 1.66. The van der Waals surface area contributed by atoms with Crippen molar-refractivity contribution in [2.24, 2.45) is 0 Å². The van der Waals surface area contributed by atoms with Gasteiger partial charge in [-0.15, -0.1) is 0 Å². The van der Waals surface area contributed by atoms with E-state index in [9.17, 15) is 0 Å². The van der Waals surface area contributed by atoms with Crippen LogP contribution in [-0.2, 0) is 6.54 Å². The fraction of sp³-hybridized carbons (Fsp3) is 0.500. The predicted octanol–water partition coefficient (Wildman–Crippen LogP) is 3.04. The third-order valence-electron chi connectivity index (χ3n) is 4.23. The highest BCUT2D eigenvalue weighted by molar-refractivity contribution is 9.10. The molecule has 0 spiro atoms. The first-order chi connectivity index (χ1) is 9.74. The van der Waals surface area contributed by atoms with Gasteiger partial charge in [0.25, 0.3) is 0 Å². The van der Waals surface area contributed by atoms with E-state index in [-0.39, 0.29) is 0 Å². The lowest BCUT2D eigenvalue weighted by molar-refractivity contribution is 0.268. The maximum absolute atomic E-state index is 3.63. The van der Waals surface area contributed by atoms with Crippen LogP contribution >= 0.6 is 15.9 Å². The molecule has 0 aliphatic carbocycles. The number of benzene rings is 1. The molecule has 0 unspecified atom stereocenters. The summed E-state index contributed by atoms with van der Waals surface area (Å²) in [5.74, 6) is 0. The van der Waals surface area contributed by atoms with Crippen LogP contribution in [0.1, 0.15) is 6.42 Å². The van der Waals surface area contributed by atoms with E-state index >= 15 is 0 Å². The second-order valence-corrected chi connectivity index (χ2v) is 6.53. The Morgan fingerprint density at radius 2 is 1.95 bits per heavy atom. The minimum atomic E-state index is 1.07. The molecular formula is C16H22BrN3. The Kier molecular flexibility index (Phi) is 4.44. The number of nitrogens with zero attached hydrogens (tertiary/aromatic N) is 3. The van der Waals surface area contributed by atoms with Crippen molar-refractivity contribution in [3.63, 3.8) is 0 Å². The molecule has 3 nitrogen and oxygen atoms in total. The molecule has 0 saturated carbocycles. The number of fused-ring (bicyclic) bond motifs is 1. The Bertz CT molecular complexity index is 578. The molecule has 1 fully saturated rings. The standard InChI is InChI=1S/C16H22BrN3/c1-18-7-3-8-19(11-10-18)12-13-20-9-6-14-15(17)4-2-5-16(14)20/h2,4-6,9H,3,7-8,10-13H2,1H3. The van der Waals surface area contributed by atoms with Gasteiger partial charge in [0, 0.05) is 47.8 Å². The minimum absolute atomic E-state index is 1.07. The molecule has 1 aliphatic heterocycles. The van der Waals surface area contributed by atoms with Crippen LogP contribution in [0.4, 0.5) is 0 Å². The lowest BCUT2D eigenvalue weighted by Gasteiger charge is -2.20. The molecule has 0 N–H and O–H groups in total. The Hall–Kier alpha value is -0.840. The molecule has 108 valence electrons. The predicted molar refractivity (Wildman–Crippen MR) is 88.2 cm³/mol. The van der Waals surface area contributed by atoms with Crippen LogP contribution in [0.3, 0.4) is 0 Å². The Labute approximate surface area is 129 Å². The van der Waals surface area contributed by atoms with E-state index in [0.29, 0.717) is 0 Å². The first-order valence-electron chi connectivity index (χ1n) is 7.38. The SMILES string of the molecule is CN1CCCN(CCn2ccc3c(Br)cccc32)CC1. The maximum Gasteiger partial charge on any atom is 0.0492 e. The van der Waals surface area contributed by atoms with Crippen LogP contribution in [-0.4, -0.2) is 54.1 Å². The van der Waals surface area contributed by atoms with Crippen molar-refractivity contribution in [1.29, 1.82) is 0 Å². The van der Waals surface area contributed by atoms with Crippen LogP contribution in [0.15, 0.2) is 34.9 Å². The van der Waals surface area contributed by atoms with Gasteiger partial charge < -0.3 is 14.4 Å². The van der Waals surface area contributed by atoms with Gasteiger partial charge in [-0.2, -0.15) is 0 Å². The summed E-state index contributed by atoms with van der Waals surface area (Å²) < 4.78 is 3.56. The lowest BCUT2D eigenvalue weighted by Crippen LogP contribution is -2.31. The third-order valence-corrected chi connectivity index (χ3v) is 4.92. The maximum atomic E-state index is 3.63. The molecule has 1 aromatic heterocycles. The van der Waals surface area contributed by atoms with E-state index in [1.807, 2.05) is 0 Å². The second-order valence-electron chi connectivity index (χ2n) is 5.68. The average molecular weight is 336 g/mol. The Morgan fingerprint density at radius 1 is 1.05 bits per heavy atom. The first-order valence-corrected chi connectivity index (χ1v) is 8.17. The number of halogens is 1. The smallest absolute Gasteiger partial charge is 0.0492 e. The highest BCUT2D eigenvalue weighted by atomic mass is 79.9. The Morgan fingerprint density at radius 3 is 2.85 bits per heavy atom. The summed E-state index contributed by atoms with van der Waals surface area (Å²) in [6.07, 6.45) is 3.49. The molecular weight excluding hydrogens is 314 g/mol. The molecule has 2 aromatic rings. The topological polar surface area (TPSA) is 11.4 Å². The van der Waals surface area contributed by atoms with E-state index in [1.54, 1.807) is 0 Å². The summed E-state index contributed by atoms with van der Waals surface area (Å²) in [6.45, 7) is 7.06. The molecule has 0 atom stereocenters. The largest absolute Gasteiger partial charge is 0.346 e. The van der Waals surface area contributed by atoms with Crippen molar-refractivity contribution < 1.29 is 0 Å². The van der Waals surface area contributed by atoms with Gasteiger partial charge in [0.2, 0.25) is 0 Å². The monoisotopic (exact) mass is 335 g/mol. The second kappa shape index (κ2) is 6.29. The molecule has 1 aromatic carbocycles. The fourth-order valence-corrected chi connectivity index (χ4v) is 3.44. The van der Waals surface area contributed by atoms with E-state index in [4.69, 9.17) is 0 Å². The van der Waals surface area contributed by atoms with Crippen LogP contribution in [0.5, 0.6) is 0 Å². The fourth-order valence-electron chi connectivity index (χ4n) is 2.95. The molecule has 2 heterocycles. The van der Waals surface area contributed by atoms with Crippen molar-refractivity contribution >= 4 is 26.8 Å². The number of hydrogen-bond donors (Lipinski definition) is 0. The zero-order chi connectivity index (χ0) is 13.9. The molecule has 0 bridgehead atoms. The van der Waals surface area contributed by atoms with Gasteiger partial charge in [0.15, 0.2) is 0 Å². The highest BCUT2D eigenvalue weighted by Gasteiger charge is 2.12. The van der Waals surface area contributed by atoms with E-state index in [2.05, 4.69) is 67.8 Å². The summed E-state index contributed by atoms with van der Waals surface area (Å²) in [4.78, 5) is 5.02. The summed E-state index contributed by atoms with van der Waals surface area (Å²) >= 11 is 3.63. The van der Waals surface area contributed by atoms with Crippen molar-refractivity contribution in [1.82, 2.24) is 14.4 Å². The van der Waals surface area contributed by atoms with Gasteiger partial charge in [-0.05, 0) is 44.8 Å². The van der Waals surface area contributed by atoms with Crippen LogP contribution in [0, 0.1) is 0 Å². The summed E-state index contributed by atoms with van der Waals surface area (Å²) in [6, 6.07) is 8.63. The summed E-state index contributed by atoms with van der Waals surface area (Å²) in [5.41, 5.74) is 1.33. The average Bonchev–Trinajstić information content (AvgIpc) is 2.75. The number of likely N-dealkylation sites (N-methyl/N-ethyl adjacent to an activating group) is 1. The molecule has 4 heteroatoms. The van der Waals surface area contributed by atoms with Crippen molar-refractivity contribution in [2.45, 2.75) is 13.0 Å². The quantitative estimate of drug-likeness (QED) is 0.854.